The molecule has 20 heteroatoms. The van der Waals surface area contributed by atoms with Crippen LogP contribution < -0.4 is 20.8 Å². The fraction of sp³-hybridized carbons (Fsp3) is 0.444. The molecule has 306 valence electrons. The number of thiophene rings is 1. The van der Waals surface area contributed by atoms with E-state index in [2.05, 4.69) is 21.2 Å². The van der Waals surface area contributed by atoms with Crippen LogP contribution in [0, 0.1) is 0 Å². The molecule has 2 heterocycles. The number of ether oxygens (including phenoxy) is 5. The van der Waals surface area contributed by atoms with E-state index in [-0.39, 0.29) is 81.0 Å². The van der Waals surface area contributed by atoms with Crippen molar-refractivity contribution >= 4 is 51.9 Å². The minimum absolute atomic E-state index is 0.0308. The van der Waals surface area contributed by atoms with Crippen molar-refractivity contribution in [1.82, 2.24) is 10.7 Å². The zero-order valence-electron chi connectivity index (χ0n) is 30.0. The van der Waals surface area contributed by atoms with E-state index in [1.54, 1.807) is 18.2 Å². The molecule has 3 aromatic rings. The van der Waals surface area contributed by atoms with Gasteiger partial charge in [-0.05, 0) is 47.9 Å². The van der Waals surface area contributed by atoms with Crippen LogP contribution in [-0.2, 0) is 42.9 Å². The van der Waals surface area contributed by atoms with Crippen molar-refractivity contribution in [2.75, 3.05) is 78.0 Å². The Balaban J connectivity index is 1.19. The van der Waals surface area contributed by atoms with Gasteiger partial charge in [-0.15, -0.1) is 11.3 Å². The Morgan fingerprint density at radius 1 is 0.911 bits per heavy atom. The number of carbonyl (C=O) groups excluding carboxylic acids is 3. The minimum atomic E-state index is -4.67. The molecule has 0 radical (unpaired) electrons. The monoisotopic (exact) mass is 830 g/mol. The highest BCUT2D eigenvalue weighted by molar-refractivity contribution is 7.17. The first kappa shape index (κ1) is 44.5. The smallest absolute Gasteiger partial charge is 0.417 e. The SMILES string of the molecule is O=C(CCOCCOCCOCCOc1cccc(C(=O)Nc2sc3c(c2C(=O)N/N=C/c2ccc(Cl)c(C(F)(F)F)c2)CCOC3)c1)NC(CO)(CO)CO. The van der Waals surface area contributed by atoms with Gasteiger partial charge in [0.05, 0.1) is 95.0 Å². The largest absolute Gasteiger partial charge is 0.491 e. The molecular weight excluding hydrogens is 789 g/mol. The lowest BCUT2D eigenvalue weighted by Gasteiger charge is -2.28. The van der Waals surface area contributed by atoms with E-state index >= 15 is 0 Å². The molecule has 3 amide bonds. The Morgan fingerprint density at radius 2 is 1.59 bits per heavy atom. The second kappa shape index (κ2) is 21.9. The summed E-state index contributed by atoms with van der Waals surface area (Å²) in [5, 5.41) is 36.6. The third-order valence-corrected chi connectivity index (χ3v) is 9.52. The lowest BCUT2D eigenvalue weighted by atomic mass is 10.0. The van der Waals surface area contributed by atoms with Crippen molar-refractivity contribution < 1.29 is 66.6 Å². The number of hydrogen-bond donors (Lipinski definition) is 6. The van der Waals surface area contributed by atoms with Gasteiger partial charge >= 0.3 is 6.18 Å². The summed E-state index contributed by atoms with van der Waals surface area (Å²) in [4.78, 5) is 39.3. The summed E-state index contributed by atoms with van der Waals surface area (Å²) < 4.78 is 67.3. The Kier molecular flexibility index (Phi) is 17.4. The Morgan fingerprint density at radius 3 is 2.27 bits per heavy atom. The highest BCUT2D eigenvalue weighted by Gasteiger charge is 2.33. The molecule has 2 aromatic carbocycles. The number of aliphatic hydroxyl groups is 3. The van der Waals surface area contributed by atoms with Crippen LogP contribution in [0.25, 0.3) is 0 Å². The number of nitrogens with zero attached hydrogens (tertiary/aromatic N) is 1. The van der Waals surface area contributed by atoms with Gasteiger partial charge in [-0.1, -0.05) is 23.7 Å². The molecule has 0 atom stereocenters. The van der Waals surface area contributed by atoms with Crippen molar-refractivity contribution in [1.29, 1.82) is 0 Å². The molecule has 4 rings (SSSR count). The number of halogens is 4. The molecule has 15 nitrogen and oxygen atoms in total. The summed E-state index contributed by atoms with van der Waals surface area (Å²) >= 11 is 6.86. The molecule has 0 fully saturated rings. The van der Waals surface area contributed by atoms with Crippen molar-refractivity contribution in [2.24, 2.45) is 5.10 Å². The molecule has 1 aliphatic heterocycles. The van der Waals surface area contributed by atoms with Gasteiger partial charge in [0.15, 0.2) is 0 Å². The first-order chi connectivity index (χ1) is 26.9. The quantitative estimate of drug-likeness (QED) is 0.0493. The van der Waals surface area contributed by atoms with Gasteiger partial charge in [0, 0.05) is 16.9 Å². The van der Waals surface area contributed by atoms with E-state index in [1.807, 2.05) is 0 Å². The zero-order chi connectivity index (χ0) is 40.6. The molecule has 1 aliphatic rings. The van der Waals surface area contributed by atoms with Crippen LogP contribution in [0.15, 0.2) is 47.6 Å². The van der Waals surface area contributed by atoms with E-state index in [0.717, 1.165) is 23.2 Å². The van der Waals surface area contributed by atoms with E-state index in [1.165, 1.54) is 23.5 Å². The summed E-state index contributed by atoms with van der Waals surface area (Å²) in [6, 6.07) is 9.65. The zero-order valence-corrected chi connectivity index (χ0v) is 31.6. The van der Waals surface area contributed by atoms with E-state index < -0.39 is 59.8 Å². The molecule has 0 bridgehead atoms. The molecule has 0 unspecified atom stereocenters. The van der Waals surface area contributed by atoms with E-state index in [0.29, 0.717) is 24.3 Å². The van der Waals surface area contributed by atoms with Crippen LogP contribution in [0.4, 0.5) is 18.2 Å². The third kappa shape index (κ3) is 13.2. The maximum absolute atomic E-state index is 13.3. The van der Waals surface area contributed by atoms with Gasteiger partial charge in [0.2, 0.25) is 5.91 Å². The van der Waals surface area contributed by atoms with Crippen LogP contribution in [0.2, 0.25) is 5.02 Å². The number of nitrogens with one attached hydrogen (secondary N) is 3. The molecule has 0 spiro atoms. The summed E-state index contributed by atoms with van der Waals surface area (Å²) in [6.45, 7) is 0.285. The standard InChI is InChI=1S/C36H42ClF3N4O11S/c37-28-5-4-23(16-27(28)36(38,39)40)18-41-44-33(50)31-26-6-8-54-19-29(26)56-34(31)42-32(49)24-2-1-3-25(17-24)55-15-14-53-13-12-52-11-10-51-9-7-30(48)43-35(20-45,21-46)22-47/h1-5,16-18,45-47H,6-15,19-22H2,(H,42,49)(H,43,48)(H,44,50)/b41-18+. The highest BCUT2D eigenvalue weighted by Crippen LogP contribution is 2.37. The van der Waals surface area contributed by atoms with Gasteiger partial charge in [-0.3, -0.25) is 14.4 Å². The van der Waals surface area contributed by atoms with Gasteiger partial charge in [0.1, 0.15) is 22.9 Å². The first-order valence-electron chi connectivity index (χ1n) is 17.2. The highest BCUT2D eigenvalue weighted by atomic mass is 35.5. The molecular formula is C36H42ClF3N4O11S. The van der Waals surface area contributed by atoms with Crippen molar-refractivity contribution in [3.63, 3.8) is 0 Å². The fourth-order valence-corrected chi connectivity index (χ4v) is 6.48. The summed E-state index contributed by atoms with van der Waals surface area (Å²) in [5.41, 5.74) is 1.00. The normalized spacial score (nSPS) is 13.1. The average Bonchev–Trinajstić information content (AvgIpc) is 3.55. The molecule has 0 aliphatic carbocycles. The number of fused-ring (bicyclic) bond motifs is 1. The number of aliphatic hydroxyl groups excluding tert-OH is 3. The predicted molar refractivity (Wildman–Crippen MR) is 198 cm³/mol. The summed E-state index contributed by atoms with van der Waals surface area (Å²) in [6.07, 6.45) is -3.23. The maximum atomic E-state index is 13.3. The van der Waals surface area contributed by atoms with Gasteiger partial charge in [-0.25, -0.2) is 5.43 Å². The van der Waals surface area contributed by atoms with Gasteiger partial charge in [0.25, 0.3) is 11.8 Å². The predicted octanol–water partition coefficient (Wildman–Crippen LogP) is 3.16. The molecule has 0 saturated carbocycles. The number of hydrogen-bond acceptors (Lipinski definition) is 13. The molecule has 0 saturated heterocycles. The fourth-order valence-electron chi connectivity index (χ4n) is 5.08. The second-order valence-electron chi connectivity index (χ2n) is 12.2. The van der Waals surface area contributed by atoms with E-state index in [9.17, 15) is 42.9 Å². The average molecular weight is 831 g/mol. The van der Waals surface area contributed by atoms with Crippen LogP contribution in [-0.4, -0.2) is 117 Å². The Bertz CT molecular complexity index is 1800. The van der Waals surface area contributed by atoms with E-state index in [4.69, 9.17) is 35.3 Å². The van der Waals surface area contributed by atoms with Crippen molar-refractivity contribution in [2.45, 2.75) is 31.2 Å². The number of rotatable bonds is 22. The molecule has 6 N–H and O–H groups in total. The van der Waals surface area contributed by atoms with Crippen LogP contribution in [0.5, 0.6) is 5.75 Å². The minimum Gasteiger partial charge on any atom is -0.491 e. The van der Waals surface area contributed by atoms with Crippen LogP contribution >= 0.6 is 22.9 Å². The number of anilines is 1. The van der Waals surface area contributed by atoms with Crippen molar-refractivity contribution in [3.8, 4) is 5.75 Å². The summed E-state index contributed by atoms with van der Waals surface area (Å²) in [5.74, 6) is -1.26. The van der Waals surface area contributed by atoms with Gasteiger partial charge < -0.3 is 49.6 Å². The second-order valence-corrected chi connectivity index (χ2v) is 13.7. The lowest BCUT2D eigenvalue weighted by molar-refractivity contribution is -0.137. The Hall–Kier alpha value is -4.18. The number of carbonyl (C=O) groups is 3. The number of hydrazone groups is 1. The maximum Gasteiger partial charge on any atom is 0.417 e. The van der Waals surface area contributed by atoms with Gasteiger partial charge in [-0.2, -0.15) is 18.3 Å². The Labute approximate surface area is 328 Å². The van der Waals surface area contributed by atoms with Crippen LogP contribution in [0.3, 0.4) is 0 Å². The molecule has 1 aromatic heterocycles. The van der Waals surface area contributed by atoms with Crippen molar-refractivity contribution in [3.05, 3.63) is 80.2 Å². The summed E-state index contributed by atoms with van der Waals surface area (Å²) in [7, 11) is 0. The number of amides is 3. The van der Waals surface area contributed by atoms with Crippen LogP contribution in [0.1, 0.15) is 48.7 Å². The lowest BCUT2D eigenvalue weighted by Crippen LogP contribution is -2.57. The third-order valence-electron chi connectivity index (χ3n) is 8.07. The number of benzene rings is 2. The number of alkyl halides is 3. The molecule has 56 heavy (non-hydrogen) atoms. The topological polar surface area (TPSA) is 206 Å². The first-order valence-corrected chi connectivity index (χ1v) is 18.4.